The molecule has 0 aliphatic rings. The van der Waals surface area contributed by atoms with Crippen molar-refractivity contribution in [3.8, 4) is 0 Å². The van der Waals surface area contributed by atoms with Crippen molar-refractivity contribution >= 4 is 51.2 Å². The quantitative estimate of drug-likeness (QED) is 0.269. The number of rotatable bonds is 8. The number of carbonyl (C=O) groups is 2. The minimum atomic E-state index is -2.91. The predicted molar refractivity (Wildman–Crippen MR) is 104 cm³/mol. The molecule has 0 amide bonds. The first-order valence-corrected chi connectivity index (χ1v) is 12.7. The third kappa shape index (κ3) is 11.0. The Bertz CT molecular complexity index is 670. The van der Waals surface area contributed by atoms with Gasteiger partial charge in [-0.3, -0.25) is 9.59 Å². The first-order chi connectivity index (χ1) is 12.3. The Balaban J connectivity index is 0.000000263. The van der Waals surface area contributed by atoms with Crippen molar-refractivity contribution in [3.05, 3.63) is 61.7 Å². The van der Waals surface area contributed by atoms with Crippen molar-refractivity contribution in [2.24, 2.45) is 0 Å². The fourth-order valence-electron chi connectivity index (χ4n) is 1.60. The summed E-state index contributed by atoms with van der Waals surface area (Å²) in [5.41, 5.74) is 0. The van der Waals surface area contributed by atoms with Crippen LogP contribution in [0.15, 0.2) is 61.7 Å². The van der Waals surface area contributed by atoms with Gasteiger partial charge in [-0.05, 0) is 24.3 Å². The van der Waals surface area contributed by atoms with Crippen molar-refractivity contribution in [1.82, 2.24) is 9.13 Å². The zero-order chi connectivity index (χ0) is 19.4. The summed E-state index contributed by atoms with van der Waals surface area (Å²) < 4.78 is 13.2. The van der Waals surface area contributed by atoms with E-state index in [1.54, 1.807) is 21.5 Å². The molecule has 0 unspecified atom stereocenters. The third-order valence-electron chi connectivity index (χ3n) is 2.74. The van der Waals surface area contributed by atoms with Gasteiger partial charge < -0.3 is 18.6 Å². The molecule has 0 N–H and O–H groups in total. The highest BCUT2D eigenvalue weighted by Gasteiger charge is 2.29. The molecule has 0 saturated heterocycles. The van der Waals surface area contributed by atoms with Gasteiger partial charge in [0, 0.05) is 24.8 Å². The summed E-state index contributed by atoms with van der Waals surface area (Å²) in [4.78, 5) is 21.9. The Morgan fingerprint density at radius 3 is 1.69 bits per heavy atom. The molecule has 26 heavy (non-hydrogen) atoms. The molecule has 2 rings (SSSR count). The van der Waals surface area contributed by atoms with Crippen LogP contribution in [0.1, 0.15) is 6.42 Å². The van der Waals surface area contributed by atoms with Crippen LogP contribution < -0.4 is 0 Å². The summed E-state index contributed by atoms with van der Waals surface area (Å²) in [6.45, 7) is 3.87. The van der Waals surface area contributed by atoms with Gasteiger partial charge in [-0.15, -0.1) is 39.8 Å². The highest BCUT2D eigenvalue weighted by molar-refractivity contribution is 7.65. The van der Waals surface area contributed by atoms with Gasteiger partial charge >= 0.3 is 17.9 Å². The zero-order valence-corrected chi connectivity index (χ0v) is 17.2. The van der Waals surface area contributed by atoms with Crippen molar-refractivity contribution in [2.75, 3.05) is 0 Å². The van der Waals surface area contributed by atoms with E-state index in [4.69, 9.17) is 42.7 Å². The van der Waals surface area contributed by atoms with Crippen molar-refractivity contribution in [3.63, 3.8) is 0 Å². The lowest BCUT2D eigenvalue weighted by Gasteiger charge is -2.08. The van der Waals surface area contributed by atoms with Crippen LogP contribution in [0.25, 0.3) is 0 Å². The molecule has 2 aromatic rings. The van der Waals surface area contributed by atoms with Gasteiger partial charge in [-0.2, -0.15) is 0 Å². The lowest BCUT2D eigenvalue weighted by atomic mass is 10.4. The molecule has 0 saturated carbocycles. The van der Waals surface area contributed by atoms with Crippen LogP contribution in [0, 0.1) is 0 Å². The molecule has 0 radical (unpaired) electrons. The highest BCUT2D eigenvalue weighted by atomic mass is 35.8. The Kier molecular flexibility index (Phi) is 10.2. The van der Waals surface area contributed by atoms with E-state index in [0.717, 1.165) is 0 Å². The maximum absolute atomic E-state index is 11.1. The van der Waals surface area contributed by atoms with E-state index >= 15 is 0 Å². The van der Waals surface area contributed by atoms with E-state index < -0.39 is 12.0 Å². The molecular formula is C16H19Cl3N2O4Si. The number of hydrogen-bond donors (Lipinski definition) is 0. The average Bonchev–Trinajstić information content (AvgIpc) is 3.24. The van der Waals surface area contributed by atoms with Crippen LogP contribution in [-0.4, -0.2) is 27.1 Å². The van der Waals surface area contributed by atoms with Gasteiger partial charge in [-0.25, -0.2) is 0 Å². The number of aromatic nitrogens is 2. The van der Waals surface area contributed by atoms with E-state index in [1.807, 2.05) is 36.7 Å². The monoisotopic (exact) mass is 436 g/mol. The fraction of sp³-hybridized carbons (Fsp3) is 0.250. The van der Waals surface area contributed by atoms with Crippen LogP contribution in [0.4, 0.5) is 0 Å². The molecular weight excluding hydrogens is 419 g/mol. The van der Waals surface area contributed by atoms with E-state index in [1.165, 1.54) is 6.08 Å². The number of halogens is 3. The van der Waals surface area contributed by atoms with Crippen LogP contribution in [0.5, 0.6) is 0 Å². The summed E-state index contributed by atoms with van der Waals surface area (Å²) in [5.74, 6) is -0.732. The van der Waals surface area contributed by atoms with Gasteiger partial charge in [0.2, 0.25) is 0 Å². The van der Waals surface area contributed by atoms with Crippen LogP contribution >= 0.6 is 33.2 Å². The molecule has 2 aromatic heterocycles. The number of carbonyl (C=O) groups excluding carboxylic acids is 2. The van der Waals surface area contributed by atoms with E-state index in [2.05, 4.69) is 6.58 Å². The first kappa shape index (κ1) is 22.4. The van der Waals surface area contributed by atoms with Gasteiger partial charge in [-0.1, -0.05) is 6.08 Å². The van der Waals surface area contributed by atoms with Crippen molar-refractivity contribution < 1.29 is 19.1 Å². The van der Waals surface area contributed by atoms with Gasteiger partial charge in [0.1, 0.15) is 0 Å². The standard InChI is InChI=1S/C9H11NO2.C7H8Cl3NO2Si/c1-2-5-9(11)12-8-10-6-3-4-7-10;8-14(9,10)5-7(12)13-6-11-3-1-2-4-11/h2-4,6-7H,1,5,8H2;1-4H,5-6H2. The summed E-state index contributed by atoms with van der Waals surface area (Å²) in [6.07, 6.45) is 9.02. The topological polar surface area (TPSA) is 62.5 Å². The lowest BCUT2D eigenvalue weighted by molar-refractivity contribution is -0.146. The van der Waals surface area contributed by atoms with Gasteiger partial charge in [0.15, 0.2) is 13.5 Å². The first-order valence-electron chi connectivity index (χ1n) is 7.50. The van der Waals surface area contributed by atoms with Gasteiger partial charge in [0.05, 0.1) is 12.5 Å². The fourth-order valence-corrected chi connectivity index (χ4v) is 3.01. The molecule has 6 nitrogen and oxygen atoms in total. The average molecular weight is 438 g/mol. The van der Waals surface area contributed by atoms with Crippen LogP contribution in [0.3, 0.4) is 0 Å². The second-order valence-corrected chi connectivity index (χ2v) is 14.1. The minimum Gasteiger partial charge on any atom is -0.444 e. The summed E-state index contributed by atoms with van der Waals surface area (Å²) in [5, 5.41) is 0. The summed E-state index contributed by atoms with van der Waals surface area (Å²) in [7, 11) is 0. The smallest absolute Gasteiger partial charge is 0.352 e. The lowest BCUT2D eigenvalue weighted by Crippen LogP contribution is -2.18. The van der Waals surface area contributed by atoms with E-state index in [-0.39, 0.29) is 31.9 Å². The van der Waals surface area contributed by atoms with Crippen LogP contribution in [0.2, 0.25) is 6.04 Å². The molecule has 0 aliphatic carbocycles. The summed E-state index contributed by atoms with van der Waals surface area (Å²) >= 11 is 16.7. The number of ether oxygens (including phenoxy) is 2. The molecule has 10 heteroatoms. The largest absolute Gasteiger partial charge is 0.444 e. The van der Waals surface area contributed by atoms with Crippen molar-refractivity contribution in [1.29, 1.82) is 0 Å². The number of hydrogen-bond acceptors (Lipinski definition) is 4. The maximum atomic E-state index is 11.1. The molecule has 0 fully saturated rings. The Labute approximate surface area is 167 Å². The maximum Gasteiger partial charge on any atom is 0.352 e. The SMILES string of the molecule is C=CCC(=O)OCn1cccc1.O=C(C[Si](Cl)(Cl)Cl)OCn1cccc1. The van der Waals surface area contributed by atoms with E-state index in [0.29, 0.717) is 0 Å². The predicted octanol–water partition coefficient (Wildman–Crippen LogP) is 4.21. The molecule has 0 aliphatic heterocycles. The zero-order valence-electron chi connectivity index (χ0n) is 13.9. The molecule has 0 spiro atoms. The Morgan fingerprint density at radius 2 is 1.31 bits per heavy atom. The normalized spacial score (nSPS) is 10.4. The molecule has 2 heterocycles. The molecule has 0 aromatic carbocycles. The molecule has 142 valence electrons. The van der Waals surface area contributed by atoms with E-state index in [9.17, 15) is 9.59 Å². The third-order valence-corrected chi connectivity index (χ3v) is 4.63. The highest BCUT2D eigenvalue weighted by Crippen LogP contribution is 2.25. The number of nitrogens with zero attached hydrogens (tertiary/aromatic N) is 2. The summed E-state index contributed by atoms with van der Waals surface area (Å²) in [6, 6.07) is 4.39. The minimum absolute atomic E-state index is 0.112. The number of esters is 2. The second-order valence-electron chi connectivity index (χ2n) is 4.97. The Hall–Kier alpha value is -1.67. The molecule has 0 atom stereocenters. The van der Waals surface area contributed by atoms with Crippen molar-refractivity contribution in [2.45, 2.75) is 25.9 Å². The van der Waals surface area contributed by atoms with Crippen LogP contribution in [-0.2, 0) is 32.5 Å². The Morgan fingerprint density at radius 1 is 0.885 bits per heavy atom. The molecule has 0 bridgehead atoms. The second kappa shape index (κ2) is 11.8. The van der Waals surface area contributed by atoms with Gasteiger partial charge in [0.25, 0.3) is 0 Å².